The van der Waals surface area contributed by atoms with Gasteiger partial charge in [0.05, 0.1) is 28.4 Å². The average Bonchev–Trinajstić information content (AvgIpc) is 3.17. The van der Waals surface area contributed by atoms with Crippen molar-refractivity contribution in [2.75, 3.05) is 11.4 Å². The van der Waals surface area contributed by atoms with E-state index in [2.05, 4.69) is 19.7 Å². The fourth-order valence-electron chi connectivity index (χ4n) is 4.67. The summed E-state index contributed by atoms with van der Waals surface area (Å²) >= 11 is 0. The van der Waals surface area contributed by atoms with Crippen molar-refractivity contribution < 1.29 is 41.0 Å². The van der Waals surface area contributed by atoms with E-state index < -0.39 is 36.3 Å². The van der Waals surface area contributed by atoms with Gasteiger partial charge in [0.15, 0.2) is 0 Å². The molecule has 1 aromatic carbocycles. The lowest BCUT2D eigenvalue weighted by Crippen LogP contribution is -2.44. The van der Waals surface area contributed by atoms with Gasteiger partial charge in [-0.3, -0.25) is 19.6 Å². The molecule has 5 rings (SSSR count). The van der Waals surface area contributed by atoms with Crippen LogP contribution < -0.4 is 14.4 Å². The zero-order valence-corrected chi connectivity index (χ0v) is 19.6. The van der Waals surface area contributed by atoms with Crippen LogP contribution in [0, 0.1) is 0 Å². The molecule has 0 radical (unpaired) electrons. The highest BCUT2D eigenvalue weighted by atomic mass is 19.4. The van der Waals surface area contributed by atoms with Gasteiger partial charge in [-0.25, -0.2) is 14.8 Å². The number of pyridine rings is 1. The van der Waals surface area contributed by atoms with E-state index in [1.165, 1.54) is 24.5 Å². The lowest BCUT2D eigenvalue weighted by atomic mass is 9.92. The van der Waals surface area contributed by atoms with Crippen molar-refractivity contribution >= 4 is 28.5 Å². The second kappa shape index (κ2) is 9.99. The van der Waals surface area contributed by atoms with Gasteiger partial charge in [0.2, 0.25) is 5.88 Å². The smallest absolute Gasteiger partial charge is 0.417 e. The van der Waals surface area contributed by atoms with Gasteiger partial charge >= 0.3 is 18.8 Å². The molecule has 0 unspecified atom stereocenters. The van der Waals surface area contributed by atoms with E-state index in [9.17, 15) is 31.5 Å². The van der Waals surface area contributed by atoms with E-state index in [0.29, 0.717) is 42.8 Å². The van der Waals surface area contributed by atoms with Crippen LogP contribution in [0.25, 0.3) is 10.9 Å². The van der Waals surface area contributed by atoms with Crippen LogP contribution in [-0.2, 0) is 11.0 Å². The summed E-state index contributed by atoms with van der Waals surface area (Å²) in [6.07, 6.45) is -0.115. The maximum Gasteiger partial charge on any atom is 0.417 e. The molecule has 2 aliphatic rings. The van der Waals surface area contributed by atoms with Crippen molar-refractivity contribution in [3.63, 3.8) is 0 Å². The molecule has 0 N–H and O–H groups in total. The summed E-state index contributed by atoms with van der Waals surface area (Å²) in [5.74, 6) is -0.286. The molecular weight excluding hydrogens is 517 g/mol. The topological polar surface area (TPSA) is 97.8 Å². The Bertz CT molecular complexity index is 1360. The number of nitrogens with zero attached hydrogens (tertiary/aromatic N) is 5. The normalized spacial score (nSPS) is 20.5. The molecule has 9 nitrogen and oxygen atoms in total. The predicted octanol–water partition coefficient (Wildman–Crippen LogP) is 4.80. The summed E-state index contributed by atoms with van der Waals surface area (Å²) in [5, 5.41) is 0.506. The molecule has 0 atom stereocenters. The molecule has 1 aliphatic heterocycles. The number of halogens is 5. The first-order valence-corrected chi connectivity index (χ1v) is 11.6. The number of alkyl halides is 5. The van der Waals surface area contributed by atoms with E-state index in [1.807, 2.05) is 0 Å². The number of hydrogen-bond acceptors (Lipinski definition) is 7. The minimum atomic E-state index is -4.63. The lowest BCUT2D eigenvalue weighted by Gasteiger charge is -2.33. The Labute approximate surface area is 212 Å². The van der Waals surface area contributed by atoms with E-state index in [4.69, 9.17) is 4.74 Å². The van der Waals surface area contributed by atoms with Crippen LogP contribution in [0.3, 0.4) is 0 Å². The number of urea groups is 1. The Hall–Kier alpha value is -4.10. The van der Waals surface area contributed by atoms with Crippen LogP contribution >= 0.6 is 0 Å². The average molecular weight is 537 g/mol. The quantitative estimate of drug-likeness (QED) is 0.329. The number of amides is 3. The number of rotatable bonds is 6. The molecule has 1 aliphatic carbocycles. The molecule has 3 heterocycles. The van der Waals surface area contributed by atoms with Crippen LogP contribution in [0.15, 0.2) is 43.0 Å². The highest BCUT2D eigenvalue weighted by Gasteiger charge is 2.43. The van der Waals surface area contributed by atoms with Crippen molar-refractivity contribution in [2.24, 2.45) is 0 Å². The minimum Gasteiger partial charge on any atom is -0.474 e. The molecule has 3 amide bonds. The molecule has 0 spiro atoms. The molecule has 1 saturated heterocycles. The number of anilines is 1. The SMILES string of the molecule is O=C1CN(c2cncc(C(F)(F)F)c2)C(=O)N1[C@H]1CC[C@@H](Oc2ncnc3cc(OC(F)F)ccc23)CC1. The standard InChI is InChI=1S/C24H20F5N5O4/c25-22(26)38-17-5-6-18-19(8-17)31-12-32-21(18)37-16-3-1-14(2-4-16)34-20(35)11-33(23(34)36)15-7-13(9-30-10-15)24(27,28)29/h5-10,12,14,16,22H,1-4,11H2/t14-,16+. The van der Waals surface area contributed by atoms with Crippen LogP contribution in [-0.4, -0.2) is 57.1 Å². The van der Waals surface area contributed by atoms with Gasteiger partial charge in [0.1, 0.15) is 24.7 Å². The zero-order valence-electron chi connectivity index (χ0n) is 19.6. The molecule has 200 valence electrons. The number of carbonyl (C=O) groups is 2. The second-order valence-electron chi connectivity index (χ2n) is 8.85. The first-order valence-electron chi connectivity index (χ1n) is 11.6. The van der Waals surface area contributed by atoms with Gasteiger partial charge in [-0.1, -0.05) is 0 Å². The van der Waals surface area contributed by atoms with E-state index in [1.54, 1.807) is 0 Å². The third-order valence-electron chi connectivity index (χ3n) is 6.45. The Balaban J connectivity index is 1.24. The first kappa shape index (κ1) is 25.5. The third-order valence-corrected chi connectivity index (χ3v) is 6.45. The molecule has 2 aromatic heterocycles. The summed E-state index contributed by atoms with van der Waals surface area (Å²) in [6.45, 7) is -3.34. The lowest BCUT2D eigenvalue weighted by molar-refractivity contribution is -0.137. The zero-order chi connectivity index (χ0) is 27.0. The number of imide groups is 1. The molecular formula is C24H20F5N5O4. The number of hydrogen-bond donors (Lipinski definition) is 0. The van der Waals surface area contributed by atoms with E-state index in [0.717, 1.165) is 22.1 Å². The number of carbonyl (C=O) groups excluding carboxylic acids is 2. The van der Waals surface area contributed by atoms with Crippen molar-refractivity contribution in [3.05, 3.63) is 48.5 Å². The van der Waals surface area contributed by atoms with Gasteiger partial charge in [-0.05, 0) is 43.9 Å². The Morgan fingerprint density at radius 1 is 1.00 bits per heavy atom. The summed E-state index contributed by atoms with van der Waals surface area (Å²) in [5.41, 5.74) is -0.754. The van der Waals surface area contributed by atoms with Crippen molar-refractivity contribution in [3.8, 4) is 11.6 Å². The van der Waals surface area contributed by atoms with Gasteiger partial charge in [-0.2, -0.15) is 22.0 Å². The van der Waals surface area contributed by atoms with E-state index >= 15 is 0 Å². The Morgan fingerprint density at radius 3 is 2.47 bits per heavy atom. The summed E-state index contributed by atoms with van der Waals surface area (Å²) in [6, 6.07) is 3.90. The van der Waals surface area contributed by atoms with Gasteiger partial charge in [-0.15, -0.1) is 0 Å². The largest absolute Gasteiger partial charge is 0.474 e. The van der Waals surface area contributed by atoms with Crippen LogP contribution in [0.4, 0.5) is 32.4 Å². The number of fused-ring (bicyclic) bond motifs is 1. The maximum atomic E-state index is 13.1. The minimum absolute atomic E-state index is 0.0486. The van der Waals surface area contributed by atoms with Crippen molar-refractivity contribution in [2.45, 2.75) is 50.6 Å². The molecule has 0 bridgehead atoms. The number of ether oxygens (including phenoxy) is 2. The van der Waals surface area contributed by atoms with Gasteiger partial charge in [0, 0.05) is 18.3 Å². The molecule has 1 saturated carbocycles. The summed E-state index contributed by atoms with van der Waals surface area (Å²) in [4.78, 5) is 39.6. The summed E-state index contributed by atoms with van der Waals surface area (Å²) in [7, 11) is 0. The predicted molar refractivity (Wildman–Crippen MR) is 122 cm³/mol. The second-order valence-corrected chi connectivity index (χ2v) is 8.85. The summed E-state index contributed by atoms with van der Waals surface area (Å²) < 4.78 is 74.6. The number of benzene rings is 1. The highest BCUT2D eigenvalue weighted by Crippen LogP contribution is 2.35. The molecule has 2 fully saturated rings. The molecule has 14 heteroatoms. The van der Waals surface area contributed by atoms with Gasteiger partial charge in [0.25, 0.3) is 5.91 Å². The third kappa shape index (κ3) is 5.15. The Kier molecular flexibility index (Phi) is 6.71. The fraction of sp³-hybridized carbons (Fsp3) is 0.375. The van der Waals surface area contributed by atoms with Crippen molar-refractivity contribution in [1.82, 2.24) is 19.9 Å². The van der Waals surface area contributed by atoms with Crippen molar-refractivity contribution in [1.29, 1.82) is 0 Å². The monoisotopic (exact) mass is 537 g/mol. The maximum absolute atomic E-state index is 13.1. The number of aromatic nitrogens is 3. The van der Waals surface area contributed by atoms with Crippen LogP contribution in [0.1, 0.15) is 31.2 Å². The molecule has 3 aromatic rings. The van der Waals surface area contributed by atoms with E-state index in [-0.39, 0.29) is 30.0 Å². The fourth-order valence-corrected chi connectivity index (χ4v) is 4.67. The van der Waals surface area contributed by atoms with Crippen LogP contribution in [0.5, 0.6) is 11.6 Å². The van der Waals surface area contributed by atoms with Crippen LogP contribution in [0.2, 0.25) is 0 Å². The Morgan fingerprint density at radius 2 is 1.76 bits per heavy atom. The molecule has 38 heavy (non-hydrogen) atoms. The van der Waals surface area contributed by atoms with Gasteiger partial charge < -0.3 is 9.47 Å². The highest BCUT2D eigenvalue weighted by molar-refractivity contribution is 6.12. The first-order chi connectivity index (χ1) is 18.1.